The third-order valence-electron chi connectivity index (χ3n) is 10.1. The lowest BCUT2D eigenvalue weighted by Gasteiger charge is -2.43. The first-order chi connectivity index (χ1) is 16.6. The van der Waals surface area contributed by atoms with E-state index >= 15 is 0 Å². The first kappa shape index (κ1) is 27.9. The molecule has 0 N–H and O–H groups in total. The Morgan fingerprint density at radius 1 is 0.676 bits per heavy atom. The zero-order valence-corrected chi connectivity index (χ0v) is 23.0. The van der Waals surface area contributed by atoms with Crippen LogP contribution in [0.15, 0.2) is 0 Å². The standard InChI is InChI=1S/C31H56O3/c1-4-6-8-10-26-15-17-28(18-16-26)29-20-23-31(24-21-29,34-30(32)33-3)22-19-27-13-11-25(12-14-27)9-7-5-2/h25-29H,4-24H2,1-3H3. The number of ether oxygens (including phenoxy) is 2. The molecule has 0 bridgehead atoms. The summed E-state index contributed by atoms with van der Waals surface area (Å²) in [7, 11) is 1.46. The molecule has 34 heavy (non-hydrogen) atoms. The topological polar surface area (TPSA) is 35.5 Å². The summed E-state index contributed by atoms with van der Waals surface area (Å²) in [5.74, 6) is 4.55. The Morgan fingerprint density at radius 2 is 1.18 bits per heavy atom. The Morgan fingerprint density at radius 3 is 1.74 bits per heavy atom. The molecule has 0 atom stereocenters. The number of unbranched alkanes of at least 4 members (excludes halogenated alkanes) is 3. The first-order valence-electron chi connectivity index (χ1n) is 15.3. The quantitative estimate of drug-likeness (QED) is 0.208. The number of hydrogen-bond acceptors (Lipinski definition) is 3. The van der Waals surface area contributed by atoms with Gasteiger partial charge in [0.15, 0.2) is 0 Å². The van der Waals surface area contributed by atoms with Crippen molar-refractivity contribution in [2.75, 3.05) is 7.11 Å². The molecule has 0 radical (unpaired) electrons. The second kappa shape index (κ2) is 14.7. The van der Waals surface area contributed by atoms with Crippen molar-refractivity contribution in [2.24, 2.45) is 29.6 Å². The predicted octanol–water partition coefficient (Wildman–Crippen LogP) is 9.86. The molecule has 0 aromatic rings. The minimum absolute atomic E-state index is 0.264. The van der Waals surface area contributed by atoms with Gasteiger partial charge >= 0.3 is 6.16 Å². The summed E-state index contributed by atoms with van der Waals surface area (Å²) in [6, 6.07) is 0. The molecule has 3 aliphatic carbocycles. The van der Waals surface area contributed by atoms with Gasteiger partial charge in [0, 0.05) is 0 Å². The van der Waals surface area contributed by atoms with Gasteiger partial charge in [-0.05, 0) is 81.0 Å². The Balaban J connectivity index is 1.43. The van der Waals surface area contributed by atoms with Crippen LogP contribution in [0.1, 0.15) is 149 Å². The van der Waals surface area contributed by atoms with Crippen LogP contribution in [0.25, 0.3) is 0 Å². The van der Waals surface area contributed by atoms with Crippen LogP contribution in [0.4, 0.5) is 4.79 Å². The van der Waals surface area contributed by atoms with Crippen molar-refractivity contribution in [3.8, 4) is 0 Å². The van der Waals surface area contributed by atoms with E-state index in [0.717, 1.165) is 48.9 Å². The summed E-state index contributed by atoms with van der Waals surface area (Å²) in [6.45, 7) is 4.61. The summed E-state index contributed by atoms with van der Waals surface area (Å²) in [5, 5.41) is 0. The molecule has 0 unspecified atom stereocenters. The van der Waals surface area contributed by atoms with E-state index in [-0.39, 0.29) is 5.60 Å². The van der Waals surface area contributed by atoms with Gasteiger partial charge in [0.05, 0.1) is 7.11 Å². The minimum atomic E-state index is -0.464. The van der Waals surface area contributed by atoms with Gasteiger partial charge in [-0.15, -0.1) is 0 Å². The van der Waals surface area contributed by atoms with Crippen molar-refractivity contribution in [2.45, 2.75) is 154 Å². The lowest BCUT2D eigenvalue weighted by Crippen LogP contribution is -2.41. The van der Waals surface area contributed by atoms with E-state index in [1.807, 2.05) is 0 Å². The highest BCUT2D eigenvalue weighted by Crippen LogP contribution is 2.47. The number of carbonyl (C=O) groups is 1. The molecule has 3 saturated carbocycles. The van der Waals surface area contributed by atoms with Gasteiger partial charge in [0.25, 0.3) is 0 Å². The van der Waals surface area contributed by atoms with Crippen LogP contribution in [0.2, 0.25) is 0 Å². The molecule has 198 valence electrons. The van der Waals surface area contributed by atoms with Crippen LogP contribution in [-0.2, 0) is 9.47 Å². The van der Waals surface area contributed by atoms with E-state index in [0.29, 0.717) is 0 Å². The molecule has 0 aromatic carbocycles. The highest BCUT2D eigenvalue weighted by atomic mass is 16.7. The molecule has 3 aliphatic rings. The van der Waals surface area contributed by atoms with Gasteiger partial charge in [0.1, 0.15) is 5.60 Å². The van der Waals surface area contributed by atoms with E-state index in [1.165, 1.54) is 123 Å². The van der Waals surface area contributed by atoms with E-state index in [4.69, 9.17) is 9.47 Å². The zero-order valence-electron chi connectivity index (χ0n) is 23.0. The Labute approximate surface area is 211 Å². The van der Waals surface area contributed by atoms with Crippen molar-refractivity contribution in [3.05, 3.63) is 0 Å². The smallest absolute Gasteiger partial charge is 0.438 e. The van der Waals surface area contributed by atoms with Crippen LogP contribution in [-0.4, -0.2) is 18.9 Å². The second-order valence-corrected chi connectivity index (χ2v) is 12.4. The van der Waals surface area contributed by atoms with Crippen molar-refractivity contribution in [1.29, 1.82) is 0 Å². The summed E-state index contributed by atoms with van der Waals surface area (Å²) in [4.78, 5) is 12.2. The molecule has 0 aliphatic heterocycles. The summed E-state index contributed by atoms with van der Waals surface area (Å²) in [6.07, 6.45) is 27.6. The van der Waals surface area contributed by atoms with E-state index in [9.17, 15) is 4.79 Å². The third-order valence-corrected chi connectivity index (χ3v) is 10.1. The molecule has 0 aromatic heterocycles. The van der Waals surface area contributed by atoms with Crippen LogP contribution in [0, 0.1) is 29.6 Å². The van der Waals surface area contributed by atoms with Gasteiger partial charge < -0.3 is 9.47 Å². The fourth-order valence-corrected chi connectivity index (χ4v) is 7.66. The number of carbonyl (C=O) groups excluding carboxylic acids is 1. The largest absolute Gasteiger partial charge is 0.508 e. The monoisotopic (exact) mass is 476 g/mol. The molecule has 0 saturated heterocycles. The number of rotatable bonds is 12. The molecule has 3 nitrogen and oxygen atoms in total. The van der Waals surface area contributed by atoms with Crippen LogP contribution in [0.5, 0.6) is 0 Å². The van der Waals surface area contributed by atoms with Crippen LogP contribution >= 0.6 is 0 Å². The maximum absolute atomic E-state index is 12.2. The highest BCUT2D eigenvalue weighted by Gasteiger charge is 2.42. The normalized spacial score (nSPS) is 34.5. The average molecular weight is 477 g/mol. The Hall–Kier alpha value is -0.730. The van der Waals surface area contributed by atoms with E-state index < -0.39 is 6.16 Å². The Bertz CT molecular complexity index is 549. The van der Waals surface area contributed by atoms with Gasteiger partial charge in [0.2, 0.25) is 0 Å². The second-order valence-electron chi connectivity index (χ2n) is 12.4. The maximum Gasteiger partial charge on any atom is 0.508 e. The van der Waals surface area contributed by atoms with Crippen molar-refractivity contribution in [1.82, 2.24) is 0 Å². The fraction of sp³-hybridized carbons (Fsp3) is 0.968. The summed E-state index contributed by atoms with van der Waals surface area (Å²) < 4.78 is 11.0. The lowest BCUT2D eigenvalue weighted by molar-refractivity contribution is -0.0701. The molecule has 3 rings (SSSR count). The third kappa shape index (κ3) is 8.74. The number of hydrogen-bond donors (Lipinski definition) is 0. The SMILES string of the molecule is CCCCCC1CCC(C2CCC(CCC3CCC(CCCC)CC3)(OC(=O)OC)CC2)CC1. The van der Waals surface area contributed by atoms with E-state index in [2.05, 4.69) is 13.8 Å². The minimum Gasteiger partial charge on any atom is -0.438 e. The molecule has 3 heteroatoms. The van der Waals surface area contributed by atoms with Gasteiger partial charge in [-0.1, -0.05) is 97.3 Å². The molecular weight excluding hydrogens is 420 g/mol. The molecule has 0 amide bonds. The van der Waals surface area contributed by atoms with Gasteiger partial charge in [-0.2, -0.15) is 0 Å². The van der Waals surface area contributed by atoms with Crippen LogP contribution in [0.3, 0.4) is 0 Å². The fourth-order valence-electron chi connectivity index (χ4n) is 7.66. The number of methoxy groups -OCH3 is 1. The summed E-state index contributed by atoms with van der Waals surface area (Å²) in [5.41, 5.74) is -0.264. The molecule has 0 spiro atoms. The molecule has 3 fully saturated rings. The van der Waals surface area contributed by atoms with Crippen molar-refractivity contribution >= 4 is 6.16 Å². The first-order valence-corrected chi connectivity index (χ1v) is 15.3. The summed E-state index contributed by atoms with van der Waals surface area (Å²) >= 11 is 0. The zero-order chi connectivity index (χ0) is 24.2. The molecule has 0 heterocycles. The van der Waals surface area contributed by atoms with Crippen molar-refractivity contribution in [3.63, 3.8) is 0 Å². The van der Waals surface area contributed by atoms with Gasteiger partial charge in [-0.3, -0.25) is 0 Å². The highest BCUT2D eigenvalue weighted by molar-refractivity contribution is 5.60. The van der Waals surface area contributed by atoms with Gasteiger partial charge in [-0.25, -0.2) is 4.79 Å². The van der Waals surface area contributed by atoms with Crippen molar-refractivity contribution < 1.29 is 14.3 Å². The van der Waals surface area contributed by atoms with E-state index in [1.54, 1.807) is 0 Å². The van der Waals surface area contributed by atoms with Crippen LogP contribution < -0.4 is 0 Å². The lowest BCUT2D eigenvalue weighted by atomic mass is 9.66. The maximum atomic E-state index is 12.2. The molecular formula is C31H56O3. The average Bonchev–Trinajstić information content (AvgIpc) is 2.88. The Kier molecular flexibility index (Phi) is 12.1. The predicted molar refractivity (Wildman–Crippen MR) is 142 cm³/mol.